The zero-order valence-electron chi connectivity index (χ0n) is 19.0. The number of benzene rings is 2. The van der Waals surface area contributed by atoms with E-state index in [1.165, 1.54) is 0 Å². The molecule has 1 amide bonds. The molecule has 2 aromatic carbocycles. The van der Waals surface area contributed by atoms with Gasteiger partial charge in [0.05, 0.1) is 12.8 Å². The summed E-state index contributed by atoms with van der Waals surface area (Å²) in [6.07, 6.45) is 2.24. The van der Waals surface area contributed by atoms with Crippen molar-refractivity contribution >= 4 is 5.91 Å². The molecule has 1 fully saturated rings. The van der Waals surface area contributed by atoms with Crippen LogP contribution >= 0.6 is 0 Å². The van der Waals surface area contributed by atoms with Crippen LogP contribution in [-0.2, 0) is 24.4 Å². The van der Waals surface area contributed by atoms with Gasteiger partial charge in [-0.1, -0.05) is 41.6 Å². The van der Waals surface area contributed by atoms with Crippen LogP contribution in [0.3, 0.4) is 0 Å². The van der Waals surface area contributed by atoms with Crippen LogP contribution in [0.2, 0.25) is 0 Å². The summed E-state index contributed by atoms with van der Waals surface area (Å²) in [5.74, 6) is 2.97. The van der Waals surface area contributed by atoms with E-state index in [1.54, 1.807) is 7.11 Å². The van der Waals surface area contributed by atoms with Crippen LogP contribution < -0.4 is 20.1 Å². The summed E-state index contributed by atoms with van der Waals surface area (Å²) >= 11 is 0. The van der Waals surface area contributed by atoms with Crippen LogP contribution in [0.15, 0.2) is 65.2 Å². The van der Waals surface area contributed by atoms with Crippen LogP contribution in [0.25, 0.3) is 0 Å². The van der Waals surface area contributed by atoms with E-state index in [-0.39, 0.29) is 5.91 Å². The van der Waals surface area contributed by atoms with Gasteiger partial charge < -0.3 is 24.6 Å². The highest BCUT2D eigenvalue weighted by Crippen LogP contribution is 2.27. The van der Waals surface area contributed by atoms with Crippen molar-refractivity contribution < 1.29 is 18.8 Å². The number of nitrogens with zero attached hydrogens (tertiary/aromatic N) is 1. The third kappa shape index (κ3) is 6.58. The van der Waals surface area contributed by atoms with Crippen molar-refractivity contribution in [2.45, 2.75) is 32.4 Å². The molecule has 0 bridgehead atoms. The number of amides is 1. The number of para-hydroxylation sites is 2. The molecule has 2 heterocycles. The lowest BCUT2D eigenvalue weighted by molar-refractivity contribution is -0.122. The lowest BCUT2D eigenvalue weighted by Gasteiger charge is -2.31. The predicted octanol–water partition coefficient (Wildman–Crippen LogP) is 3.74. The first-order valence-electron chi connectivity index (χ1n) is 11.4. The molecule has 0 aliphatic carbocycles. The predicted molar refractivity (Wildman–Crippen MR) is 125 cm³/mol. The summed E-state index contributed by atoms with van der Waals surface area (Å²) < 4.78 is 16.6. The molecule has 4 rings (SSSR count). The Morgan fingerprint density at radius 1 is 1.15 bits per heavy atom. The molecule has 7 heteroatoms. The number of hydrogen-bond acceptors (Lipinski definition) is 6. The highest BCUT2D eigenvalue weighted by Gasteiger charge is 2.28. The molecule has 33 heavy (non-hydrogen) atoms. The topological polar surface area (TPSA) is 85.6 Å². The maximum Gasteiger partial charge on any atom is 0.220 e. The summed E-state index contributed by atoms with van der Waals surface area (Å²) in [6.45, 7) is 2.60. The average Bonchev–Trinajstić information content (AvgIpc) is 3.31. The second kappa shape index (κ2) is 11.5. The third-order valence-electron chi connectivity index (χ3n) is 6.08. The largest absolute Gasteiger partial charge is 0.496 e. The SMILES string of the molecule is COc1ccccc1CNC(=O)C[C@H]1CCNC[C@@H]1Cc1cc(COc2ccccc2)on1. The fourth-order valence-electron chi connectivity index (χ4n) is 4.30. The minimum atomic E-state index is 0.0647. The molecule has 1 saturated heterocycles. The van der Waals surface area contributed by atoms with Crippen LogP contribution in [-0.4, -0.2) is 31.3 Å². The summed E-state index contributed by atoms with van der Waals surface area (Å²) in [4.78, 5) is 12.7. The Bertz CT molecular complexity index is 1020. The molecule has 1 aliphatic rings. The average molecular weight is 450 g/mol. The second-order valence-corrected chi connectivity index (χ2v) is 8.40. The van der Waals surface area contributed by atoms with Crippen LogP contribution in [0.5, 0.6) is 11.5 Å². The standard InChI is InChI=1S/C26H31N3O4/c1-31-25-10-6-5-7-20(25)17-28-26(30)14-19-11-12-27-16-21(19)13-22-15-24(33-29-22)18-32-23-8-3-2-4-9-23/h2-10,15,19,21,27H,11-14,16-18H2,1H3,(H,28,30)/t19-,21+/m1/s1. The van der Waals surface area contributed by atoms with Gasteiger partial charge in [0.15, 0.2) is 5.76 Å². The van der Waals surface area contributed by atoms with E-state index in [0.717, 1.165) is 48.7 Å². The summed E-state index contributed by atoms with van der Waals surface area (Å²) in [7, 11) is 1.64. The maximum absolute atomic E-state index is 12.7. The van der Waals surface area contributed by atoms with E-state index in [1.807, 2.05) is 60.7 Å². The number of hydrogen-bond donors (Lipinski definition) is 2. The van der Waals surface area contributed by atoms with E-state index >= 15 is 0 Å². The van der Waals surface area contributed by atoms with Gasteiger partial charge in [0.2, 0.25) is 5.91 Å². The third-order valence-corrected chi connectivity index (χ3v) is 6.08. The van der Waals surface area contributed by atoms with Crippen LogP contribution in [0.4, 0.5) is 0 Å². The van der Waals surface area contributed by atoms with Gasteiger partial charge in [-0.3, -0.25) is 4.79 Å². The fraction of sp³-hybridized carbons (Fsp3) is 0.385. The zero-order chi connectivity index (χ0) is 22.9. The molecule has 0 unspecified atom stereocenters. The van der Waals surface area contributed by atoms with Crippen molar-refractivity contribution in [1.82, 2.24) is 15.8 Å². The van der Waals surface area contributed by atoms with Crippen molar-refractivity contribution in [3.05, 3.63) is 77.7 Å². The molecule has 2 atom stereocenters. The van der Waals surface area contributed by atoms with Gasteiger partial charge in [-0.15, -0.1) is 0 Å². The lowest BCUT2D eigenvalue weighted by atomic mass is 9.81. The Morgan fingerprint density at radius 2 is 1.97 bits per heavy atom. The molecule has 0 spiro atoms. The molecule has 0 radical (unpaired) electrons. The number of methoxy groups -OCH3 is 1. The lowest BCUT2D eigenvalue weighted by Crippen LogP contribution is -2.40. The summed E-state index contributed by atoms with van der Waals surface area (Å²) in [5.41, 5.74) is 1.87. The number of carbonyl (C=O) groups is 1. The number of aromatic nitrogens is 1. The molecule has 1 aliphatic heterocycles. The maximum atomic E-state index is 12.7. The highest BCUT2D eigenvalue weighted by atomic mass is 16.5. The normalized spacial score (nSPS) is 18.0. The molecular formula is C26H31N3O4. The van der Waals surface area contributed by atoms with Crippen molar-refractivity contribution in [1.29, 1.82) is 0 Å². The van der Waals surface area contributed by atoms with Gasteiger partial charge in [-0.2, -0.15) is 0 Å². The van der Waals surface area contributed by atoms with E-state index < -0.39 is 0 Å². The smallest absolute Gasteiger partial charge is 0.220 e. The highest BCUT2D eigenvalue weighted by molar-refractivity contribution is 5.76. The molecule has 1 aromatic heterocycles. The van der Waals surface area contributed by atoms with Gasteiger partial charge in [0.1, 0.15) is 18.1 Å². The number of ether oxygens (including phenoxy) is 2. The Balaban J connectivity index is 1.28. The van der Waals surface area contributed by atoms with Gasteiger partial charge in [0, 0.05) is 24.6 Å². The monoisotopic (exact) mass is 449 g/mol. The first kappa shape index (κ1) is 22.9. The number of carbonyl (C=O) groups excluding carboxylic acids is 1. The van der Waals surface area contributed by atoms with E-state index in [9.17, 15) is 4.79 Å². The fourth-order valence-corrected chi connectivity index (χ4v) is 4.30. The summed E-state index contributed by atoms with van der Waals surface area (Å²) in [5, 5.41) is 10.7. The molecule has 7 nitrogen and oxygen atoms in total. The van der Waals surface area contributed by atoms with Gasteiger partial charge in [-0.25, -0.2) is 0 Å². The van der Waals surface area contributed by atoms with Gasteiger partial charge in [-0.05, 0) is 56.0 Å². The minimum absolute atomic E-state index is 0.0647. The van der Waals surface area contributed by atoms with Gasteiger partial charge >= 0.3 is 0 Å². The molecule has 174 valence electrons. The number of nitrogens with one attached hydrogen (secondary N) is 2. The van der Waals surface area contributed by atoms with E-state index in [2.05, 4.69) is 15.8 Å². The van der Waals surface area contributed by atoms with Crippen molar-refractivity contribution in [3.8, 4) is 11.5 Å². The Kier molecular flexibility index (Phi) is 7.98. The van der Waals surface area contributed by atoms with Crippen LogP contribution in [0, 0.1) is 11.8 Å². The molecule has 2 N–H and O–H groups in total. The number of piperidine rings is 1. The van der Waals surface area contributed by atoms with Gasteiger partial charge in [0.25, 0.3) is 0 Å². The van der Waals surface area contributed by atoms with E-state index in [4.69, 9.17) is 14.0 Å². The Morgan fingerprint density at radius 3 is 2.82 bits per heavy atom. The molecular weight excluding hydrogens is 418 g/mol. The van der Waals surface area contributed by atoms with Crippen LogP contribution in [0.1, 0.15) is 29.9 Å². The Labute approximate surface area is 194 Å². The van der Waals surface area contributed by atoms with Crippen molar-refractivity contribution in [3.63, 3.8) is 0 Å². The minimum Gasteiger partial charge on any atom is -0.496 e. The molecule has 3 aromatic rings. The van der Waals surface area contributed by atoms with E-state index in [0.29, 0.717) is 37.2 Å². The van der Waals surface area contributed by atoms with Crippen molar-refractivity contribution in [2.75, 3.05) is 20.2 Å². The first-order chi connectivity index (χ1) is 16.2. The van der Waals surface area contributed by atoms with Crippen molar-refractivity contribution in [2.24, 2.45) is 11.8 Å². The second-order valence-electron chi connectivity index (χ2n) is 8.40. The summed E-state index contributed by atoms with van der Waals surface area (Å²) in [6, 6.07) is 19.3. The quantitative estimate of drug-likeness (QED) is 0.491. The zero-order valence-corrected chi connectivity index (χ0v) is 19.0. The Hall–Kier alpha value is -3.32. The molecule has 0 saturated carbocycles. The number of rotatable bonds is 10. The first-order valence-corrected chi connectivity index (χ1v) is 11.4.